The highest BCUT2D eigenvalue weighted by Gasteiger charge is 2.21. The van der Waals surface area contributed by atoms with Gasteiger partial charge in [-0.05, 0) is 0 Å². The lowest BCUT2D eigenvalue weighted by molar-refractivity contribution is 0.156. The number of nitrogens with one attached hydrogen (secondary N) is 1. The summed E-state index contributed by atoms with van der Waals surface area (Å²) in [5, 5.41) is 25.4. The Labute approximate surface area is 66.7 Å². The number of hydrogen-bond acceptors (Lipinski definition) is 5. The molecular formula is C6H6N2O4. The van der Waals surface area contributed by atoms with Crippen LogP contribution in [0.3, 0.4) is 0 Å². The lowest BCUT2D eigenvalue weighted by Crippen LogP contribution is -2.17. The monoisotopic (exact) mass is 170 g/mol. The molecule has 2 heterocycles. The Morgan fingerprint density at radius 3 is 2.83 bits per heavy atom. The van der Waals surface area contributed by atoms with Gasteiger partial charge in [-0.25, -0.2) is 0 Å². The topological polar surface area (TPSA) is 87.7 Å². The molecule has 64 valence electrons. The smallest absolute Gasteiger partial charge is 0.231 e. The number of hydrogen-bond donors (Lipinski definition) is 3. The zero-order chi connectivity index (χ0) is 8.72. The largest absolute Gasteiger partial charge is 0.503 e. The Morgan fingerprint density at radius 1 is 1.42 bits per heavy atom. The van der Waals surface area contributed by atoms with E-state index in [-0.39, 0.29) is 29.5 Å². The van der Waals surface area contributed by atoms with Crippen molar-refractivity contribution < 1.29 is 19.8 Å². The van der Waals surface area contributed by atoms with Crippen LogP contribution in [-0.4, -0.2) is 21.8 Å². The Kier molecular flexibility index (Phi) is 1.18. The van der Waals surface area contributed by atoms with E-state index in [9.17, 15) is 0 Å². The van der Waals surface area contributed by atoms with Crippen molar-refractivity contribution in [2.75, 3.05) is 6.79 Å². The normalized spacial score (nSPS) is 13.3. The second-order valence-corrected chi connectivity index (χ2v) is 2.27. The van der Waals surface area contributed by atoms with Crippen molar-refractivity contribution in [2.24, 2.45) is 0 Å². The Hall–Kier alpha value is -1.85. The van der Waals surface area contributed by atoms with Gasteiger partial charge >= 0.3 is 0 Å². The highest BCUT2D eigenvalue weighted by atomic mass is 16.7. The summed E-state index contributed by atoms with van der Waals surface area (Å²) >= 11 is 0. The van der Waals surface area contributed by atoms with Gasteiger partial charge in [0.25, 0.3) is 0 Å². The second kappa shape index (κ2) is 2.07. The summed E-state index contributed by atoms with van der Waals surface area (Å²) in [5.41, 5.74) is -0.250. The van der Waals surface area contributed by atoms with Crippen LogP contribution in [-0.2, 0) is 0 Å². The van der Waals surface area contributed by atoms with Gasteiger partial charge in [0.1, 0.15) is 0 Å². The fourth-order valence-corrected chi connectivity index (χ4v) is 0.988. The van der Waals surface area contributed by atoms with E-state index in [0.717, 1.165) is 6.20 Å². The average Bonchev–Trinajstić information content (AvgIpc) is 2.48. The number of pyridine rings is 1. The van der Waals surface area contributed by atoms with E-state index in [4.69, 9.17) is 25.2 Å². The van der Waals surface area contributed by atoms with Crippen LogP contribution in [0.15, 0.2) is 6.20 Å². The van der Waals surface area contributed by atoms with Crippen molar-refractivity contribution in [2.45, 2.75) is 0 Å². The number of ether oxygens (including phenoxy) is 2. The van der Waals surface area contributed by atoms with Gasteiger partial charge in [-0.3, -0.25) is 5.41 Å². The lowest BCUT2D eigenvalue weighted by Gasteiger charge is -2.01. The minimum absolute atomic E-state index is 0.0429. The first-order valence-electron chi connectivity index (χ1n) is 3.18. The van der Waals surface area contributed by atoms with Crippen LogP contribution in [0, 0.1) is 5.41 Å². The molecule has 12 heavy (non-hydrogen) atoms. The summed E-state index contributed by atoms with van der Waals surface area (Å²) in [4.78, 5) is 0. The minimum atomic E-state index is -0.250. The summed E-state index contributed by atoms with van der Waals surface area (Å²) in [7, 11) is 0. The molecule has 0 bridgehead atoms. The van der Waals surface area contributed by atoms with Crippen LogP contribution in [0.1, 0.15) is 0 Å². The van der Waals surface area contributed by atoms with Gasteiger partial charge in [0.05, 0.1) is 6.20 Å². The Balaban J connectivity index is 2.78. The van der Waals surface area contributed by atoms with E-state index >= 15 is 0 Å². The number of rotatable bonds is 0. The quantitative estimate of drug-likeness (QED) is 0.464. The summed E-state index contributed by atoms with van der Waals surface area (Å²) < 4.78 is 10.1. The van der Waals surface area contributed by atoms with Gasteiger partial charge in [-0.15, -0.1) is 0 Å². The molecule has 1 aliphatic rings. The number of fused-ring (bicyclic) bond motifs is 1. The second-order valence-electron chi connectivity index (χ2n) is 2.27. The highest BCUT2D eigenvalue weighted by molar-refractivity contribution is 5.48. The number of aromatic hydroxyl groups is 1. The molecule has 0 aromatic carbocycles. The first kappa shape index (κ1) is 6.84. The Morgan fingerprint density at radius 2 is 2.08 bits per heavy atom. The van der Waals surface area contributed by atoms with E-state index in [0.29, 0.717) is 4.73 Å². The van der Waals surface area contributed by atoms with Crippen LogP contribution in [0.25, 0.3) is 0 Å². The maximum absolute atomic E-state index is 9.17. The van der Waals surface area contributed by atoms with Crippen molar-refractivity contribution in [3.63, 3.8) is 0 Å². The number of nitrogens with zero attached hydrogens (tertiary/aromatic N) is 1. The first-order valence-corrected chi connectivity index (χ1v) is 3.18. The van der Waals surface area contributed by atoms with Crippen molar-refractivity contribution in [3.05, 3.63) is 11.7 Å². The third-order valence-electron chi connectivity index (χ3n) is 1.53. The molecule has 0 atom stereocenters. The molecule has 6 nitrogen and oxygen atoms in total. The van der Waals surface area contributed by atoms with Crippen LogP contribution in [0.4, 0.5) is 0 Å². The molecule has 0 amide bonds. The minimum Gasteiger partial charge on any atom is -0.503 e. The molecule has 0 fully saturated rings. The standard InChI is InChI=1S/C6H6N2O4/c7-6-5-4(11-2-12-5)3(9)1-8(6)10/h1,7,9-10H,2H2. The van der Waals surface area contributed by atoms with Crippen LogP contribution < -0.4 is 15.0 Å². The zero-order valence-corrected chi connectivity index (χ0v) is 5.94. The van der Waals surface area contributed by atoms with Gasteiger partial charge < -0.3 is 19.8 Å². The van der Waals surface area contributed by atoms with E-state index in [2.05, 4.69) is 0 Å². The molecule has 1 aromatic rings. The molecule has 2 rings (SSSR count). The van der Waals surface area contributed by atoms with Crippen molar-refractivity contribution in [3.8, 4) is 17.2 Å². The van der Waals surface area contributed by atoms with Crippen molar-refractivity contribution in [1.82, 2.24) is 4.73 Å². The lowest BCUT2D eigenvalue weighted by atomic mass is 10.4. The molecule has 6 heteroatoms. The van der Waals surface area contributed by atoms with E-state index in [1.807, 2.05) is 0 Å². The summed E-state index contributed by atoms with van der Waals surface area (Å²) in [5.74, 6) is -0.0937. The molecular weight excluding hydrogens is 164 g/mol. The van der Waals surface area contributed by atoms with Gasteiger partial charge in [-0.1, -0.05) is 0 Å². The van der Waals surface area contributed by atoms with Gasteiger partial charge in [-0.2, -0.15) is 4.73 Å². The van der Waals surface area contributed by atoms with Crippen molar-refractivity contribution in [1.29, 1.82) is 5.41 Å². The first-order chi connectivity index (χ1) is 5.70. The van der Waals surface area contributed by atoms with Crippen LogP contribution in [0.2, 0.25) is 0 Å². The SMILES string of the molecule is N=c1c2c(c(O)cn1O)OCO2. The third-order valence-corrected chi connectivity index (χ3v) is 1.53. The summed E-state index contributed by atoms with van der Waals surface area (Å²) in [6.45, 7) is -0.0429. The predicted octanol–water partition coefficient (Wildman–Crippen LogP) is -0.361. The van der Waals surface area contributed by atoms with Crippen LogP contribution in [0.5, 0.6) is 17.2 Å². The van der Waals surface area contributed by atoms with E-state index < -0.39 is 0 Å². The van der Waals surface area contributed by atoms with Crippen LogP contribution >= 0.6 is 0 Å². The molecule has 3 N–H and O–H groups in total. The van der Waals surface area contributed by atoms with E-state index in [1.54, 1.807) is 0 Å². The molecule has 0 aliphatic carbocycles. The molecule has 0 radical (unpaired) electrons. The maximum atomic E-state index is 9.17. The third kappa shape index (κ3) is 0.714. The van der Waals surface area contributed by atoms with Crippen molar-refractivity contribution >= 4 is 0 Å². The van der Waals surface area contributed by atoms with Gasteiger partial charge in [0.2, 0.25) is 23.8 Å². The average molecular weight is 170 g/mol. The number of aromatic nitrogens is 1. The zero-order valence-electron chi connectivity index (χ0n) is 5.94. The molecule has 1 aliphatic heterocycles. The molecule has 1 aromatic heterocycles. The molecule has 0 saturated heterocycles. The molecule has 0 spiro atoms. The summed E-state index contributed by atoms with van der Waals surface area (Å²) in [6, 6.07) is 0. The van der Waals surface area contributed by atoms with E-state index in [1.165, 1.54) is 0 Å². The fraction of sp³-hybridized carbons (Fsp3) is 0.167. The van der Waals surface area contributed by atoms with Gasteiger partial charge in [0.15, 0.2) is 5.75 Å². The molecule has 0 unspecified atom stereocenters. The van der Waals surface area contributed by atoms with Gasteiger partial charge in [0, 0.05) is 0 Å². The maximum Gasteiger partial charge on any atom is 0.231 e. The highest BCUT2D eigenvalue weighted by Crippen LogP contribution is 2.36. The summed E-state index contributed by atoms with van der Waals surface area (Å²) in [6.07, 6.45) is 0.968. The molecule has 0 saturated carbocycles. The Bertz CT molecular complexity index is 384. The predicted molar refractivity (Wildman–Crippen MR) is 35.3 cm³/mol. The fourth-order valence-electron chi connectivity index (χ4n) is 0.988.